The molecule has 2 rings (SSSR count). The van der Waals surface area contributed by atoms with Gasteiger partial charge in [0.1, 0.15) is 0 Å². The minimum absolute atomic E-state index is 0.153. The number of hydrogen-bond acceptors (Lipinski definition) is 4. The molecule has 2 atom stereocenters. The molecule has 0 spiro atoms. The zero-order valence-electron chi connectivity index (χ0n) is 12.9. The van der Waals surface area contributed by atoms with Crippen LogP contribution in [0.4, 0.5) is 0 Å². The summed E-state index contributed by atoms with van der Waals surface area (Å²) >= 11 is 0. The quantitative estimate of drug-likeness (QED) is 0.785. The summed E-state index contributed by atoms with van der Waals surface area (Å²) in [6.07, 6.45) is 3.15. The standard InChI is InChI=1S/C14H28N2O3S/c1-4-16-8-5-13(11-12(16)2)15(3)20(17,18)14-6-9-19-10-7-14/h12-14H,4-11H2,1-3H3/t12-,13+/m1/s1. The van der Waals surface area contributed by atoms with E-state index in [0.717, 1.165) is 25.9 Å². The Hall–Kier alpha value is -0.170. The van der Waals surface area contributed by atoms with Gasteiger partial charge in [0.25, 0.3) is 0 Å². The van der Waals surface area contributed by atoms with Crippen LogP contribution in [0.2, 0.25) is 0 Å². The third-order valence-corrected chi connectivity index (χ3v) is 7.31. The molecule has 0 aromatic carbocycles. The van der Waals surface area contributed by atoms with Crippen LogP contribution in [0.1, 0.15) is 39.5 Å². The zero-order chi connectivity index (χ0) is 14.8. The van der Waals surface area contributed by atoms with E-state index in [9.17, 15) is 8.42 Å². The second-order valence-corrected chi connectivity index (χ2v) is 8.30. The predicted octanol–water partition coefficient (Wildman–Crippen LogP) is 1.30. The molecule has 5 nitrogen and oxygen atoms in total. The summed E-state index contributed by atoms with van der Waals surface area (Å²) in [5, 5.41) is -0.249. The van der Waals surface area contributed by atoms with Gasteiger partial charge >= 0.3 is 0 Å². The molecular formula is C14H28N2O3S. The molecule has 6 heteroatoms. The number of rotatable bonds is 4. The molecule has 0 aromatic rings. The van der Waals surface area contributed by atoms with Crippen molar-refractivity contribution in [2.24, 2.45) is 0 Å². The van der Waals surface area contributed by atoms with E-state index in [1.807, 2.05) is 0 Å². The van der Waals surface area contributed by atoms with Crippen LogP contribution in [0.15, 0.2) is 0 Å². The van der Waals surface area contributed by atoms with Crippen LogP contribution in [0.25, 0.3) is 0 Å². The van der Waals surface area contributed by atoms with Crippen LogP contribution in [0, 0.1) is 0 Å². The molecule has 2 aliphatic heterocycles. The lowest BCUT2D eigenvalue weighted by Gasteiger charge is -2.41. The molecule has 0 saturated carbocycles. The Bertz CT molecular complexity index is 407. The van der Waals surface area contributed by atoms with Gasteiger partial charge in [-0.05, 0) is 45.7 Å². The molecule has 0 aliphatic carbocycles. The fourth-order valence-electron chi connectivity index (χ4n) is 3.41. The van der Waals surface area contributed by atoms with Gasteiger partial charge in [0.15, 0.2) is 0 Å². The molecule has 118 valence electrons. The molecular weight excluding hydrogens is 276 g/mol. The van der Waals surface area contributed by atoms with E-state index in [1.54, 1.807) is 11.4 Å². The van der Waals surface area contributed by atoms with Crippen molar-refractivity contribution in [1.82, 2.24) is 9.21 Å². The highest BCUT2D eigenvalue weighted by Gasteiger charge is 2.37. The number of piperidine rings is 1. The highest BCUT2D eigenvalue weighted by molar-refractivity contribution is 7.89. The highest BCUT2D eigenvalue weighted by atomic mass is 32.2. The van der Waals surface area contributed by atoms with E-state index in [4.69, 9.17) is 4.74 Å². The average molecular weight is 304 g/mol. The molecule has 2 saturated heterocycles. The Morgan fingerprint density at radius 2 is 1.90 bits per heavy atom. The van der Waals surface area contributed by atoms with Crippen LogP contribution in [0.3, 0.4) is 0 Å². The molecule has 2 aliphatic rings. The van der Waals surface area contributed by atoms with Crippen LogP contribution in [-0.4, -0.2) is 68.3 Å². The van der Waals surface area contributed by atoms with Gasteiger partial charge in [0, 0.05) is 32.3 Å². The second kappa shape index (κ2) is 6.73. The molecule has 0 aromatic heterocycles. The first-order valence-corrected chi connectivity index (χ1v) is 9.25. The molecule has 2 fully saturated rings. The summed E-state index contributed by atoms with van der Waals surface area (Å²) in [6.45, 7) is 7.55. The first kappa shape index (κ1) is 16.2. The van der Waals surface area contributed by atoms with Crippen molar-refractivity contribution in [2.75, 3.05) is 33.4 Å². The fraction of sp³-hybridized carbons (Fsp3) is 1.00. The molecule has 0 amide bonds. The Morgan fingerprint density at radius 3 is 2.45 bits per heavy atom. The van der Waals surface area contributed by atoms with Crippen LogP contribution >= 0.6 is 0 Å². The maximum atomic E-state index is 12.7. The predicted molar refractivity (Wildman–Crippen MR) is 80.3 cm³/mol. The van der Waals surface area contributed by atoms with Crippen molar-refractivity contribution in [3.05, 3.63) is 0 Å². The molecule has 0 radical (unpaired) electrons. The van der Waals surface area contributed by atoms with Crippen LogP contribution in [-0.2, 0) is 14.8 Å². The van der Waals surface area contributed by atoms with Gasteiger partial charge in [-0.2, -0.15) is 0 Å². The van der Waals surface area contributed by atoms with Gasteiger partial charge in [-0.15, -0.1) is 0 Å². The summed E-state index contributed by atoms with van der Waals surface area (Å²) in [4.78, 5) is 2.42. The summed E-state index contributed by atoms with van der Waals surface area (Å²) in [6, 6.07) is 0.617. The van der Waals surface area contributed by atoms with Crippen LogP contribution in [0.5, 0.6) is 0 Å². The highest BCUT2D eigenvalue weighted by Crippen LogP contribution is 2.26. The largest absolute Gasteiger partial charge is 0.381 e. The van der Waals surface area contributed by atoms with Gasteiger partial charge in [-0.3, -0.25) is 0 Å². The van der Waals surface area contributed by atoms with Crippen molar-refractivity contribution in [3.8, 4) is 0 Å². The first-order valence-electron chi connectivity index (χ1n) is 7.75. The van der Waals surface area contributed by atoms with Crippen molar-refractivity contribution < 1.29 is 13.2 Å². The van der Waals surface area contributed by atoms with E-state index in [-0.39, 0.29) is 11.3 Å². The second-order valence-electron chi connectivity index (χ2n) is 6.03. The van der Waals surface area contributed by atoms with E-state index >= 15 is 0 Å². The van der Waals surface area contributed by atoms with Crippen molar-refractivity contribution in [1.29, 1.82) is 0 Å². The number of nitrogens with zero attached hydrogens (tertiary/aromatic N) is 2. The number of sulfonamides is 1. The normalized spacial score (nSPS) is 30.8. The Kier molecular flexibility index (Phi) is 5.45. The Morgan fingerprint density at radius 1 is 1.25 bits per heavy atom. The lowest BCUT2D eigenvalue weighted by atomic mass is 9.99. The number of ether oxygens (including phenoxy) is 1. The maximum absolute atomic E-state index is 12.7. The number of hydrogen-bond donors (Lipinski definition) is 0. The smallest absolute Gasteiger partial charge is 0.217 e. The van der Waals surface area contributed by atoms with E-state index in [0.29, 0.717) is 32.1 Å². The molecule has 2 heterocycles. The van der Waals surface area contributed by atoms with Crippen molar-refractivity contribution in [3.63, 3.8) is 0 Å². The summed E-state index contributed by atoms with van der Waals surface area (Å²) in [7, 11) is -1.41. The van der Waals surface area contributed by atoms with Gasteiger partial charge in [-0.25, -0.2) is 12.7 Å². The molecule has 0 unspecified atom stereocenters. The maximum Gasteiger partial charge on any atom is 0.217 e. The Balaban J connectivity index is 2.01. The zero-order valence-corrected chi connectivity index (χ0v) is 13.7. The summed E-state index contributed by atoms with van der Waals surface area (Å²) in [5.74, 6) is 0. The SMILES string of the molecule is CCN1CC[C@H](N(C)S(=O)(=O)C2CCOCC2)C[C@H]1C. The third kappa shape index (κ3) is 3.35. The van der Waals surface area contributed by atoms with E-state index in [1.165, 1.54) is 0 Å². The monoisotopic (exact) mass is 304 g/mol. The summed E-state index contributed by atoms with van der Waals surface area (Å²) in [5.41, 5.74) is 0. The van der Waals surface area contributed by atoms with E-state index < -0.39 is 10.0 Å². The minimum Gasteiger partial charge on any atom is -0.381 e. The molecule has 20 heavy (non-hydrogen) atoms. The average Bonchev–Trinajstić information content (AvgIpc) is 2.47. The fourth-order valence-corrected chi connectivity index (χ4v) is 5.28. The lowest BCUT2D eigenvalue weighted by molar-refractivity contribution is 0.0945. The van der Waals surface area contributed by atoms with Gasteiger partial charge < -0.3 is 9.64 Å². The lowest BCUT2D eigenvalue weighted by Crippen LogP contribution is -2.51. The first-order chi connectivity index (χ1) is 9.46. The summed E-state index contributed by atoms with van der Waals surface area (Å²) < 4.78 is 32.3. The Labute approximate surface area is 123 Å². The van der Waals surface area contributed by atoms with Crippen LogP contribution < -0.4 is 0 Å². The van der Waals surface area contributed by atoms with Crippen molar-refractivity contribution in [2.45, 2.75) is 56.9 Å². The minimum atomic E-state index is -3.17. The van der Waals surface area contributed by atoms with E-state index in [2.05, 4.69) is 18.7 Å². The van der Waals surface area contributed by atoms with Gasteiger partial charge in [-0.1, -0.05) is 6.92 Å². The topological polar surface area (TPSA) is 49.9 Å². The van der Waals surface area contributed by atoms with Gasteiger partial charge in [0.05, 0.1) is 5.25 Å². The molecule has 0 N–H and O–H groups in total. The van der Waals surface area contributed by atoms with Crippen molar-refractivity contribution >= 4 is 10.0 Å². The molecule has 0 bridgehead atoms. The third-order valence-electron chi connectivity index (χ3n) is 4.90. The van der Waals surface area contributed by atoms with Gasteiger partial charge in [0.2, 0.25) is 10.0 Å². The number of likely N-dealkylation sites (tertiary alicyclic amines) is 1.